The first-order chi connectivity index (χ1) is 7.61. The molecule has 0 bridgehead atoms. The molecule has 0 fully saturated rings. The first-order valence-corrected chi connectivity index (χ1v) is 8.02. The van der Waals surface area contributed by atoms with E-state index in [1.54, 1.807) is 6.92 Å². The third-order valence-corrected chi connectivity index (χ3v) is 2.24. The zero-order valence-electron chi connectivity index (χ0n) is 10.4. The van der Waals surface area contributed by atoms with E-state index in [4.69, 9.17) is 10.00 Å². The second kappa shape index (κ2) is 9.85. The zero-order valence-corrected chi connectivity index (χ0v) is 12.0. The van der Waals surface area contributed by atoms with Crippen molar-refractivity contribution in [3.8, 4) is 0 Å². The third kappa shape index (κ3) is 18.4. The van der Waals surface area contributed by atoms with Crippen molar-refractivity contribution < 1.29 is 19.4 Å². The Hall–Kier alpha value is -0.130. The van der Waals surface area contributed by atoms with Gasteiger partial charge in [0.15, 0.2) is 0 Å². The minimum absolute atomic E-state index is 0.425. The molecule has 0 radical (unpaired) electrons. The van der Waals surface area contributed by atoms with Crippen molar-refractivity contribution >= 4 is 24.1 Å². The summed E-state index contributed by atoms with van der Waals surface area (Å²) in [5.41, 5.74) is 4.23. The van der Waals surface area contributed by atoms with Crippen molar-refractivity contribution in [2.24, 2.45) is 11.4 Å². The van der Waals surface area contributed by atoms with Crippen LogP contribution in [0.1, 0.15) is 33.6 Å². The van der Waals surface area contributed by atoms with Gasteiger partial charge in [0.1, 0.15) is 6.04 Å². The summed E-state index contributed by atoms with van der Waals surface area (Å²) in [5.74, 6) is -0.173. The van der Waals surface area contributed by atoms with Gasteiger partial charge in [-0.2, -0.15) is 0 Å². The average Bonchev–Trinajstić information content (AvgIpc) is 2.16. The van der Waals surface area contributed by atoms with E-state index in [2.05, 4.69) is 35.9 Å². The molecular formula is C9H22ClN2O4P. The molecule has 0 aliphatic heterocycles. The first-order valence-electron chi connectivity index (χ1n) is 5.38. The van der Waals surface area contributed by atoms with Crippen molar-refractivity contribution in [1.82, 2.24) is 5.32 Å². The summed E-state index contributed by atoms with van der Waals surface area (Å²) in [6, 6.07) is -0.425. The van der Waals surface area contributed by atoms with Crippen molar-refractivity contribution in [1.29, 1.82) is 0 Å². The summed E-state index contributed by atoms with van der Waals surface area (Å²) < 4.78 is 9.31. The van der Waals surface area contributed by atoms with Crippen LogP contribution in [0.5, 0.6) is 0 Å². The summed E-state index contributed by atoms with van der Waals surface area (Å²) >= 11 is 4.42. The molecule has 0 aromatic heterocycles. The van der Waals surface area contributed by atoms with E-state index < -0.39 is 18.9 Å². The quantitative estimate of drug-likeness (QED) is 0.554. The lowest BCUT2D eigenvalue weighted by molar-refractivity contribution is -0.139. The molecule has 0 saturated heterocycles. The number of carboxylic acids is 1. The van der Waals surface area contributed by atoms with Crippen LogP contribution in [0.25, 0.3) is 0 Å². The van der Waals surface area contributed by atoms with Gasteiger partial charge in [-0.3, -0.25) is 9.36 Å². The number of carbonyl (C=O) groups is 1. The minimum Gasteiger partial charge on any atom is -0.480 e. The molecule has 0 rings (SSSR count). The van der Waals surface area contributed by atoms with Crippen LogP contribution in [0, 0.1) is 5.92 Å². The highest BCUT2D eigenvalue weighted by Gasteiger charge is 2.11. The number of halogens is 1. The van der Waals surface area contributed by atoms with Crippen LogP contribution >= 0.6 is 18.1 Å². The lowest BCUT2D eigenvalue weighted by Crippen LogP contribution is -2.36. The minimum atomic E-state index is -3.67. The fourth-order valence-corrected chi connectivity index (χ4v) is 1.01. The fourth-order valence-electron chi connectivity index (χ4n) is 1.01. The lowest BCUT2D eigenvalue weighted by atomic mass is 10.0. The van der Waals surface area contributed by atoms with Crippen LogP contribution in [0.4, 0.5) is 0 Å². The highest BCUT2D eigenvalue weighted by Crippen LogP contribution is 2.35. The van der Waals surface area contributed by atoms with Gasteiger partial charge in [-0.15, -0.1) is 0 Å². The monoisotopic (exact) mass is 288 g/mol. The number of nitrogens with two attached hydrogens (primary N) is 1. The van der Waals surface area contributed by atoms with Crippen LogP contribution < -0.4 is 10.8 Å². The molecule has 2 atom stereocenters. The number of nitrogens with one attached hydrogen (secondary N) is 1. The molecule has 0 spiro atoms. The Balaban J connectivity index is 0. The predicted octanol–water partition coefficient (Wildman–Crippen LogP) is 1.77. The number of hydrogen-bond acceptors (Lipinski definition) is 3. The van der Waals surface area contributed by atoms with Gasteiger partial charge in [0, 0.05) is 0 Å². The van der Waals surface area contributed by atoms with E-state index in [0.717, 1.165) is 19.4 Å². The van der Waals surface area contributed by atoms with Crippen molar-refractivity contribution in [2.75, 3.05) is 6.54 Å². The maximum Gasteiger partial charge on any atom is 0.355 e. The normalized spacial score (nSPS) is 15.7. The highest BCUT2D eigenvalue weighted by atomic mass is 35.7. The molecule has 104 valence electrons. The molecule has 5 N–H and O–H groups in total. The maximum atomic E-state index is 10.4. The summed E-state index contributed by atoms with van der Waals surface area (Å²) in [5, 5.41) is 11.6. The Morgan fingerprint density at radius 2 is 1.82 bits per heavy atom. The van der Waals surface area contributed by atoms with E-state index in [1.807, 2.05) is 0 Å². The van der Waals surface area contributed by atoms with Gasteiger partial charge in [0.2, 0.25) is 0 Å². The molecule has 0 aliphatic carbocycles. The van der Waals surface area contributed by atoms with Gasteiger partial charge in [-0.25, -0.2) is 5.50 Å². The van der Waals surface area contributed by atoms with Crippen LogP contribution in [-0.4, -0.2) is 28.6 Å². The predicted molar refractivity (Wildman–Crippen MR) is 69.0 cm³/mol. The molecular weight excluding hydrogens is 267 g/mol. The lowest BCUT2D eigenvalue weighted by Gasteiger charge is -2.15. The van der Waals surface area contributed by atoms with Gasteiger partial charge >= 0.3 is 12.8 Å². The SMILES string of the molecule is CCC(CC)CN[C@@H](C)C(=O)O.NP(=O)(O)Cl. The van der Waals surface area contributed by atoms with E-state index in [0.29, 0.717) is 5.92 Å². The van der Waals surface area contributed by atoms with Crippen molar-refractivity contribution in [2.45, 2.75) is 39.7 Å². The van der Waals surface area contributed by atoms with Crippen LogP contribution in [-0.2, 0) is 9.36 Å². The van der Waals surface area contributed by atoms with E-state index >= 15 is 0 Å². The number of rotatable bonds is 6. The number of carboxylic acid groups (broad SMARTS) is 1. The molecule has 0 saturated carbocycles. The topological polar surface area (TPSA) is 113 Å². The average molecular weight is 289 g/mol. The Bertz CT molecular complexity index is 247. The van der Waals surface area contributed by atoms with Crippen LogP contribution in [0.2, 0.25) is 0 Å². The summed E-state index contributed by atoms with van der Waals surface area (Å²) in [4.78, 5) is 18.0. The number of aliphatic carboxylic acids is 1. The Labute approximate surface area is 107 Å². The number of hydrogen-bond donors (Lipinski definition) is 4. The zero-order chi connectivity index (χ0) is 14.1. The Morgan fingerprint density at radius 3 is 2.06 bits per heavy atom. The molecule has 0 aliphatic rings. The maximum absolute atomic E-state index is 10.4. The Morgan fingerprint density at radius 1 is 1.47 bits per heavy atom. The fraction of sp³-hybridized carbons (Fsp3) is 0.889. The molecule has 1 unspecified atom stereocenters. The van der Waals surface area contributed by atoms with Crippen LogP contribution in [0.3, 0.4) is 0 Å². The summed E-state index contributed by atoms with van der Waals surface area (Å²) in [6.07, 6.45) is 2.21. The van der Waals surface area contributed by atoms with E-state index in [1.165, 1.54) is 0 Å². The largest absolute Gasteiger partial charge is 0.480 e. The molecule has 0 heterocycles. The highest BCUT2D eigenvalue weighted by molar-refractivity contribution is 7.82. The van der Waals surface area contributed by atoms with Gasteiger partial charge in [-0.1, -0.05) is 26.7 Å². The van der Waals surface area contributed by atoms with E-state index in [-0.39, 0.29) is 0 Å². The molecule has 8 heteroatoms. The van der Waals surface area contributed by atoms with Crippen LogP contribution in [0.15, 0.2) is 0 Å². The van der Waals surface area contributed by atoms with Gasteiger partial charge in [0.25, 0.3) is 0 Å². The molecule has 0 aromatic carbocycles. The smallest absolute Gasteiger partial charge is 0.355 e. The molecule has 0 amide bonds. The van der Waals surface area contributed by atoms with Crippen molar-refractivity contribution in [3.05, 3.63) is 0 Å². The second-order valence-electron chi connectivity index (χ2n) is 3.70. The summed E-state index contributed by atoms with van der Waals surface area (Å²) in [6.45, 7) is 3.06. The third-order valence-electron chi connectivity index (χ3n) is 2.24. The Kier molecular flexibility index (Phi) is 11.1. The first kappa shape index (κ1) is 19.2. The van der Waals surface area contributed by atoms with Gasteiger partial charge in [-0.05, 0) is 30.6 Å². The van der Waals surface area contributed by atoms with Crippen molar-refractivity contribution in [3.63, 3.8) is 0 Å². The second-order valence-corrected chi connectivity index (χ2v) is 6.24. The van der Waals surface area contributed by atoms with Gasteiger partial charge < -0.3 is 15.3 Å². The molecule has 17 heavy (non-hydrogen) atoms. The molecule has 6 nitrogen and oxygen atoms in total. The summed E-state index contributed by atoms with van der Waals surface area (Å²) in [7, 11) is 0. The van der Waals surface area contributed by atoms with Gasteiger partial charge in [0.05, 0.1) is 0 Å². The molecule has 0 aromatic rings. The van der Waals surface area contributed by atoms with E-state index in [9.17, 15) is 9.36 Å². The standard InChI is InChI=1S/C9H19NO2.ClH3NO2P/c1-4-8(5-2)6-10-7(3)9(11)12;1-5(2,3)4/h7-8,10H,4-6H2,1-3H3,(H,11,12);(H3,2,3,4)/t7-;/m0./s1.